The first-order valence-electron chi connectivity index (χ1n) is 11.6. The second-order valence-electron chi connectivity index (χ2n) is 9.63. The van der Waals surface area contributed by atoms with Crippen molar-refractivity contribution < 1.29 is 22.6 Å². The molecule has 5 rings (SSSR count). The molecule has 3 fully saturated rings. The van der Waals surface area contributed by atoms with Gasteiger partial charge in [-0.1, -0.05) is 0 Å². The number of alkyl halides is 3. The van der Waals surface area contributed by atoms with Gasteiger partial charge in [-0.3, -0.25) is 9.58 Å². The summed E-state index contributed by atoms with van der Waals surface area (Å²) in [5.41, 5.74) is 7.79. The maximum Gasteiger partial charge on any atom is 0.573 e. The van der Waals surface area contributed by atoms with Crippen LogP contribution in [-0.2, 0) is 4.74 Å². The van der Waals surface area contributed by atoms with Gasteiger partial charge in [0.2, 0.25) is 0 Å². The van der Waals surface area contributed by atoms with Gasteiger partial charge in [0.05, 0.1) is 12.3 Å². The fraction of sp³-hybridized carbons (Fsp3) is 0.652. The summed E-state index contributed by atoms with van der Waals surface area (Å²) in [7, 11) is 0. The number of nitrogen functional groups attached to an aromatic ring is 1. The average molecular weight is 466 g/mol. The number of aromatic nitrogens is 3. The van der Waals surface area contributed by atoms with Crippen LogP contribution in [0.4, 0.5) is 19.0 Å². The van der Waals surface area contributed by atoms with Gasteiger partial charge in [-0.25, -0.2) is 4.98 Å². The molecule has 2 N–H and O–H groups in total. The van der Waals surface area contributed by atoms with Crippen molar-refractivity contribution in [2.75, 3.05) is 32.0 Å². The van der Waals surface area contributed by atoms with Crippen LogP contribution in [0, 0.1) is 11.8 Å². The van der Waals surface area contributed by atoms with E-state index in [1.807, 2.05) is 10.7 Å². The van der Waals surface area contributed by atoms with Crippen LogP contribution in [0.1, 0.15) is 50.8 Å². The predicted molar refractivity (Wildman–Crippen MR) is 117 cm³/mol. The van der Waals surface area contributed by atoms with E-state index in [2.05, 4.69) is 28.5 Å². The minimum absolute atomic E-state index is 0.140. The molecule has 2 aromatic heterocycles. The number of halogens is 3. The van der Waals surface area contributed by atoms with E-state index in [0.717, 1.165) is 38.4 Å². The third-order valence-electron chi connectivity index (χ3n) is 7.19. The number of nitrogens with zero attached hydrogens (tertiary/aromatic N) is 4. The van der Waals surface area contributed by atoms with Crippen molar-refractivity contribution in [2.45, 2.75) is 57.5 Å². The lowest BCUT2D eigenvalue weighted by Gasteiger charge is -2.28. The molecule has 3 aliphatic rings. The van der Waals surface area contributed by atoms with E-state index in [1.54, 1.807) is 0 Å². The highest BCUT2D eigenvalue weighted by Crippen LogP contribution is 2.64. The molecule has 2 atom stereocenters. The van der Waals surface area contributed by atoms with Crippen molar-refractivity contribution in [2.24, 2.45) is 11.8 Å². The number of fused-ring (bicyclic) bond motifs is 1. The highest BCUT2D eigenvalue weighted by molar-refractivity contribution is 5.64. The molecule has 1 aliphatic heterocycles. The molecule has 2 aliphatic carbocycles. The van der Waals surface area contributed by atoms with Gasteiger partial charge in [-0.15, -0.1) is 13.2 Å². The maximum absolute atomic E-state index is 12.7. The first-order chi connectivity index (χ1) is 15.7. The summed E-state index contributed by atoms with van der Waals surface area (Å²) in [6, 6.07) is 4.03. The van der Waals surface area contributed by atoms with Crippen molar-refractivity contribution in [3.8, 4) is 17.0 Å². The standard InChI is InChI=1S/C23H30F3N5O2/c1-13(2)31-19(21-16-9-15(10-17(16)21)30-4-3-6-32-7-5-30)11-18(29-31)14-8-20(22(27)28-12-14)33-23(24,25)26/h8,11-13,15-17,21H,3-7,9-10H2,1-2H3,(H2,27,28). The normalized spacial score (nSPS) is 28.1. The van der Waals surface area contributed by atoms with Crippen LogP contribution in [0.25, 0.3) is 11.3 Å². The largest absolute Gasteiger partial charge is 0.573 e. The van der Waals surface area contributed by atoms with Crippen molar-refractivity contribution >= 4 is 5.82 Å². The summed E-state index contributed by atoms with van der Waals surface area (Å²) >= 11 is 0. The fourth-order valence-corrected chi connectivity index (χ4v) is 5.69. The van der Waals surface area contributed by atoms with E-state index in [9.17, 15) is 13.2 Å². The lowest BCUT2D eigenvalue weighted by molar-refractivity contribution is -0.274. The Bertz CT molecular complexity index is 988. The Balaban J connectivity index is 1.35. The zero-order valence-electron chi connectivity index (χ0n) is 18.9. The molecule has 0 amide bonds. The lowest BCUT2D eigenvalue weighted by atomic mass is 10.0. The molecule has 2 saturated carbocycles. The number of rotatable bonds is 5. The van der Waals surface area contributed by atoms with Crippen molar-refractivity contribution in [3.63, 3.8) is 0 Å². The van der Waals surface area contributed by atoms with E-state index in [1.165, 1.54) is 25.1 Å². The van der Waals surface area contributed by atoms with Crippen LogP contribution in [-0.4, -0.2) is 58.4 Å². The lowest BCUT2D eigenvalue weighted by Crippen LogP contribution is -2.36. The molecule has 0 spiro atoms. The summed E-state index contributed by atoms with van der Waals surface area (Å²) in [4.78, 5) is 6.49. The van der Waals surface area contributed by atoms with Crippen LogP contribution < -0.4 is 10.5 Å². The third kappa shape index (κ3) is 4.55. The van der Waals surface area contributed by atoms with Gasteiger partial charge in [0.15, 0.2) is 11.6 Å². The molecular weight excluding hydrogens is 435 g/mol. The zero-order chi connectivity index (χ0) is 23.3. The first-order valence-corrected chi connectivity index (χ1v) is 11.6. The topological polar surface area (TPSA) is 78.4 Å². The number of anilines is 1. The molecule has 180 valence electrons. The quantitative estimate of drug-likeness (QED) is 0.712. The van der Waals surface area contributed by atoms with Crippen LogP contribution >= 0.6 is 0 Å². The molecule has 2 unspecified atom stereocenters. The Labute approximate surface area is 191 Å². The third-order valence-corrected chi connectivity index (χ3v) is 7.19. The molecule has 10 heteroatoms. The molecule has 0 radical (unpaired) electrons. The summed E-state index contributed by atoms with van der Waals surface area (Å²) < 4.78 is 49.8. The molecule has 2 aromatic rings. The SMILES string of the molecule is CC(C)n1nc(-c2cnc(N)c(OC(F)(F)F)c2)cc1C1C2CC(N3CCCOCC3)CC21. The van der Waals surface area contributed by atoms with E-state index in [-0.39, 0.29) is 11.9 Å². The Morgan fingerprint density at radius 2 is 1.91 bits per heavy atom. The minimum Gasteiger partial charge on any atom is -0.402 e. The molecule has 1 saturated heterocycles. The van der Waals surface area contributed by atoms with E-state index in [4.69, 9.17) is 15.6 Å². The number of ether oxygens (including phenoxy) is 2. The van der Waals surface area contributed by atoms with Crippen molar-refractivity contribution in [1.29, 1.82) is 0 Å². The summed E-state index contributed by atoms with van der Waals surface area (Å²) in [6.45, 7) is 7.92. The number of hydrogen-bond acceptors (Lipinski definition) is 6. The summed E-state index contributed by atoms with van der Waals surface area (Å²) in [6.07, 6.45) is 0.0647. The first kappa shape index (κ1) is 22.5. The Morgan fingerprint density at radius 3 is 2.61 bits per heavy atom. The van der Waals surface area contributed by atoms with Gasteiger partial charge in [0.1, 0.15) is 0 Å². The number of hydrogen-bond donors (Lipinski definition) is 1. The van der Waals surface area contributed by atoms with Gasteiger partial charge in [0.25, 0.3) is 0 Å². The van der Waals surface area contributed by atoms with Crippen molar-refractivity contribution in [1.82, 2.24) is 19.7 Å². The van der Waals surface area contributed by atoms with Gasteiger partial charge >= 0.3 is 6.36 Å². The van der Waals surface area contributed by atoms with Crippen molar-refractivity contribution in [3.05, 3.63) is 24.0 Å². The monoisotopic (exact) mass is 465 g/mol. The van der Waals surface area contributed by atoms with Gasteiger partial charge in [-0.2, -0.15) is 5.10 Å². The second-order valence-corrected chi connectivity index (χ2v) is 9.63. The Kier molecular flexibility index (Phi) is 5.76. The van der Waals surface area contributed by atoms with Crippen LogP contribution in [0.3, 0.4) is 0 Å². The molecule has 7 nitrogen and oxygen atoms in total. The van der Waals surface area contributed by atoms with E-state index in [0.29, 0.717) is 35.1 Å². The predicted octanol–water partition coefficient (Wildman–Crippen LogP) is 4.22. The average Bonchev–Trinajstić information content (AvgIpc) is 3.08. The number of pyridine rings is 1. The Hall–Kier alpha value is -2.33. The molecular formula is C23H30F3N5O2. The molecule has 0 aromatic carbocycles. The highest BCUT2D eigenvalue weighted by Gasteiger charge is 2.58. The van der Waals surface area contributed by atoms with Crippen LogP contribution in [0.2, 0.25) is 0 Å². The second kappa shape index (κ2) is 8.47. The molecule has 3 heterocycles. The van der Waals surface area contributed by atoms with E-state index < -0.39 is 12.1 Å². The van der Waals surface area contributed by atoms with Crippen LogP contribution in [0.15, 0.2) is 18.3 Å². The number of nitrogens with two attached hydrogens (primary N) is 1. The highest BCUT2D eigenvalue weighted by atomic mass is 19.4. The molecule has 33 heavy (non-hydrogen) atoms. The molecule has 0 bridgehead atoms. The maximum atomic E-state index is 12.7. The van der Waals surface area contributed by atoms with E-state index >= 15 is 0 Å². The fourth-order valence-electron chi connectivity index (χ4n) is 5.69. The summed E-state index contributed by atoms with van der Waals surface area (Å²) in [5.74, 6) is 0.903. The zero-order valence-corrected chi connectivity index (χ0v) is 18.9. The minimum atomic E-state index is -4.83. The van der Waals surface area contributed by atoms with Gasteiger partial charge in [0, 0.05) is 55.2 Å². The Morgan fingerprint density at radius 1 is 1.15 bits per heavy atom. The summed E-state index contributed by atoms with van der Waals surface area (Å²) in [5, 5.41) is 4.73. The van der Waals surface area contributed by atoms with Crippen LogP contribution in [0.5, 0.6) is 5.75 Å². The smallest absolute Gasteiger partial charge is 0.402 e. The van der Waals surface area contributed by atoms with Gasteiger partial charge in [-0.05, 0) is 57.1 Å². The van der Waals surface area contributed by atoms with Gasteiger partial charge < -0.3 is 15.2 Å².